The summed E-state index contributed by atoms with van der Waals surface area (Å²) >= 11 is 7.34. The van der Waals surface area contributed by atoms with Gasteiger partial charge in [0.25, 0.3) is 0 Å². The van der Waals surface area contributed by atoms with Crippen LogP contribution in [0.4, 0.5) is 0 Å². The molecule has 0 radical (unpaired) electrons. The van der Waals surface area contributed by atoms with Crippen LogP contribution in [0, 0.1) is 0 Å². The number of hydrogen-bond donors (Lipinski definition) is 0. The maximum absolute atomic E-state index is 5.95. The Morgan fingerprint density at radius 1 is 0.963 bits per heavy atom. The van der Waals surface area contributed by atoms with Crippen molar-refractivity contribution in [2.24, 2.45) is 0 Å². The van der Waals surface area contributed by atoms with Gasteiger partial charge < -0.3 is 9.64 Å². The van der Waals surface area contributed by atoms with E-state index in [4.69, 9.17) is 4.74 Å². The lowest BCUT2D eigenvalue weighted by Crippen LogP contribution is -2.14. The minimum atomic E-state index is 0.687. The van der Waals surface area contributed by atoms with Gasteiger partial charge in [0.15, 0.2) is 0 Å². The normalized spacial score (nSPS) is 12.4. The monoisotopic (exact) mass is 459 g/mol. The molecule has 0 aliphatic carbocycles. The first-order chi connectivity index (χ1) is 13.1. The molecule has 0 saturated carbocycles. The number of benzene rings is 2. The van der Waals surface area contributed by atoms with Gasteiger partial charge in [-0.2, -0.15) is 0 Å². The van der Waals surface area contributed by atoms with E-state index in [0.717, 1.165) is 24.0 Å². The molecule has 0 saturated heterocycles. The van der Waals surface area contributed by atoms with E-state index in [1.165, 1.54) is 36.2 Å². The number of thiophene rings is 1. The molecular weight excluding hydrogens is 438 g/mol. The van der Waals surface area contributed by atoms with Gasteiger partial charge in [-0.15, -0.1) is 11.3 Å². The predicted octanol–water partition coefficient (Wildman–Crippen LogP) is 6.78. The van der Waals surface area contributed by atoms with Crippen LogP contribution >= 0.6 is 39.0 Å². The van der Waals surface area contributed by atoms with E-state index in [-0.39, 0.29) is 0 Å². The molecule has 0 atom stereocenters. The second-order valence-corrected chi connectivity index (χ2v) is 10.0. The summed E-state index contributed by atoms with van der Waals surface area (Å²) in [5, 5.41) is 0. The van der Waals surface area contributed by atoms with Crippen LogP contribution in [0.15, 0.2) is 62.8 Å². The van der Waals surface area contributed by atoms with Gasteiger partial charge in [0.2, 0.25) is 0 Å². The third kappa shape index (κ3) is 4.33. The maximum atomic E-state index is 5.95. The molecule has 0 spiro atoms. The molecule has 140 valence electrons. The summed E-state index contributed by atoms with van der Waals surface area (Å²) in [5.41, 5.74) is 3.97. The Morgan fingerprint density at radius 2 is 1.81 bits per heavy atom. The molecule has 0 unspecified atom stereocenters. The molecule has 2 aromatic carbocycles. The molecule has 0 fully saturated rings. The first-order valence-corrected chi connectivity index (χ1v) is 11.5. The lowest BCUT2D eigenvalue weighted by atomic mass is 10.0. The maximum Gasteiger partial charge on any atom is 0.0809 e. The van der Waals surface area contributed by atoms with E-state index in [0.29, 0.717) is 6.61 Å². The smallest absolute Gasteiger partial charge is 0.0809 e. The van der Waals surface area contributed by atoms with Crippen molar-refractivity contribution in [1.82, 2.24) is 4.90 Å². The number of fused-ring (bicyclic) bond motifs is 5. The molecule has 2 nitrogen and oxygen atoms in total. The molecule has 3 aromatic rings. The molecule has 0 N–H and O–H groups in total. The minimum absolute atomic E-state index is 0.687. The lowest BCUT2D eigenvalue weighted by Gasteiger charge is -2.09. The van der Waals surface area contributed by atoms with Crippen molar-refractivity contribution >= 4 is 39.0 Å². The lowest BCUT2D eigenvalue weighted by molar-refractivity contribution is 0.115. The molecule has 4 rings (SSSR count). The van der Waals surface area contributed by atoms with Crippen LogP contribution in [0.1, 0.15) is 11.3 Å². The first-order valence-electron chi connectivity index (χ1n) is 9.04. The van der Waals surface area contributed by atoms with Gasteiger partial charge >= 0.3 is 0 Å². The van der Waals surface area contributed by atoms with Gasteiger partial charge in [-0.3, -0.25) is 0 Å². The van der Waals surface area contributed by atoms with Gasteiger partial charge in [0, 0.05) is 41.8 Å². The van der Waals surface area contributed by atoms with Crippen molar-refractivity contribution in [2.75, 3.05) is 27.2 Å². The van der Waals surface area contributed by atoms with Crippen LogP contribution in [0.3, 0.4) is 0 Å². The van der Waals surface area contributed by atoms with E-state index in [1.54, 1.807) is 0 Å². The van der Waals surface area contributed by atoms with Crippen molar-refractivity contribution in [3.05, 3.63) is 57.9 Å². The summed E-state index contributed by atoms with van der Waals surface area (Å²) in [6, 6.07) is 17.6. The molecule has 1 aromatic heterocycles. The van der Waals surface area contributed by atoms with E-state index in [2.05, 4.69) is 83.5 Å². The topological polar surface area (TPSA) is 12.5 Å². The average molecular weight is 460 g/mol. The Balaban J connectivity index is 1.65. The molecule has 27 heavy (non-hydrogen) atoms. The van der Waals surface area contributed by atoms with Crippen LogP contribution in [0.25, 0.3) is 21.6 Å². The van der Waals surface area contributed by atoms with Crippen molar-refractivity contribution in [1.29, 1.82) is 0 Å². The highest BCUT2D eigenvalue weighted by Crippen LogP contribution is 2.51. The van der Waals surface area contributed by atoms with Crippen LogP contribution < -0.4 is 0 Å². The molecule has 1 aliphatic rings. The Hall–Kier alpha value is -1.11. The van der Waals surface area contributed by atoms with E-state index in [1.807, 2.05) is 23.1 Å². The third-order valence-electron chi connectivity index (χ3n) is 4.51. The summed E-state index contributed by atoms with van der Waals surface area (Å²) in [6.45, 7) is 2.55. The van der Waals surface area contributed by atoms with E-state index < -0.39 is 0 Å². The summed E-state index contributed by atoms with van der Waals surface area (Å²) in [7, 11) is 4.20. The van der Waals surface area contributed by atoms with Crippen molar-refractivity contribution in [3.8, 4) is 21.6 Å². The zero-order valence-corrected chi connectivity index (χ0v) is 18.7. The molecule has 2 heterocycles. The van der Waals surface area contributed by atoms with Gasteiger partial charge in [-0.25, -0.2) is 0 Å². The summed E-state index contributed by atoms with van der Waals surface area (Å²) in [4.78, 5) is 7.45. The van der Waals surface area contributed by atoms with Crippen molar-refractivity contribution in [2.45, 2.75) is 22.8 Å². The molecule has 0 bridgehead atoms. The number of hydrogen-bond acceptors (Lipinski definition) is 4. The second-order valence-electron chi connectivity index (χ2n) is 6.90. The van der Waals surface area contributed by atoms with Crippen LogP contribution in [0.2, 0.25) is 0 Å². The van der Waals surface area contributed by atoms with Crippen LogP contribution in [0.5, 0.6) is 0 Å². The Bertz CT molecular complexity index is 951. The standard InChI is InChI=1S/C22H22BrNOS2/c1-24(2)10-5-11-25-14-16-13-19-17-6-3-4-7-20(17)27-21-12-15(23)8-9-18(21)22(19)26-16/h3-4,6-9,12-13H,5,10-11,14H2,1-2H3. The number of nitrogens with zero attached hydrogens (tertiary/aromatic N) is 1. The van der Waals surface area contributed by atoms with Gasteiger partial charge in [0.1, 0.15) is 0 Å². The van der Waals surface area contributed by atoms with Crippen LogP contribution in [-0.2, 0) is 11.3 Å². The summed E-state index contributed by atoms with van der Waals surface area (Å²) in [5.74, 6) is 0. The van der Waals surface area contributed by atoms with Crippen molar-refractivity contribution in [3.63, 3.8) is 0 Å². The zero-order chi connectivity index (χ0) is 18.8. The quantitative estimate of drug-likeness (QED) is 0.295. The van der Waals surface area contributed by atoms with Gasteiger partial charge in [0.05, 0.1) is 6.61 Å². The van der Waals surface area contributed by atoms with Gasteiger partial charge in [-0.1, -0.05) is 52.0 Å². The fourth-order valence-corrected chi connectivity index (χ4v) is 6.10. The highest BCUT2D eigenvalue weighted by atomic mass is 79.9. The fourth-order valence-electron chi connectivity index (χ4n) is 3.23. The number of ether oxygens (including phenoxy) is 1. The molecular formula is C22H22BrNOS2. The first kappa shape index (κ1) is 19.2. The number of rotatable bonds is 6. The molecule has 1 aliphatic heterocycles. The van der Waals surface area contributed by atoms with Crippen LogP contribution in [-0.4, -0.2) is 32.1 Å². The second kappa shape index (κ2) is 8.50. The average Bonchev–Trinajstić information content (AvgIpc) is 3.00. The summed E-state index contributed by atoms with van der Waals surface area (Å²) < 4.78 is 7.07. The SMILES string of the molecule is CN(C)CCCOCc1cc2c(s1)-c1ccc(Br)cc1Sc1ccccc1-2. The highest BCUT2D eigenvalue weighted by Gasteiger charge is 2.22. The third-order valence-corrected chi connectivity index (χ3v) is 7.28. The zero-order valence-electron chi connectivity index (χ0n) is 15.5. The Labute approximate surface area is 177 Å². The minimum Gasteiger partial charge on any atom is -0.376 e. The predicted molar refractivity (Wildman–Crippen MR) is 120 cm³/mol. The van der Waals surface area contributed by atoms with Gasteiger partial charge in [-0.05, 0) is 56.9 Å². The van der Waals surface area contributed by atoms with E-state index >= 15 is 0 Å². The molecule has 0 amide bonds. The Kier molecular flexibility index (Phi) is 6.05. The largest absolute Gasteiger partial charge is 0.376 e. The van der Waals surface area contributed by atoms with Crippen molar-refractivity contribution < 1.29 is 4.74 Å². The number of halogens is 1. The summed E-state index contributed by atoms with van der Waals surface area (Å²) in [6.07, 6.45) is 1.06. The fraction of sp³-hybridized carbons (Fsp3) is 0.273. The molecule has 5 heteroatoms. The Morgan fingerprint density at radius 3 is 2.67 bits per heavy atom. The van der Waals surface area contributed by atoms with E-state index in [9.17, 15) is 0 Å². The highest BCUT2D eigenvalue weighted by molar-refractivity contribution is 9.10.